The third-order valence-electron chi connectivity index (χ3n) is 7.10. The maximum absolute atomic E-state index is 12.7. The van der Waals surface area contributed by atoms with Gasteiger partial charge in [0, 0.05) is 31.1 Å². The van der Waals surface area contributed by atoms with Crippen molar-refractivity contribution in [3.63, 3.8) is 0 Å². The summed E-state index contributed by atoms with van der Waals surface area (Å²) in [5, 5.41) is 22.3. The minimum Gasteiger partial charge on any atom is -0.504 e. The largest absolute Gasteiger partial charge is 0.504 e. The van der Waals surface area contributed by atoms with Gasteiger partial charge in [-0.15, -0.1) is 12.4 Å². The first-order valence-corrected chi connectivity index (χ1v) is 9.53. The molecule has 6 heteroatoms. The standard InChI is InChI=1S/C21H25NO4.ClH/c1-12(2)6-9-22-10-8-20-17-13-3-4-14(23)18(17)26-19(20)15(24)5-7-21(20,25)16(22)11-13;/h3-4,6,16,19,23,25H,5,7-11H2,1-2H3;1H/t16-,19+,20+,21-;/m1./s1. The Kier molecular flexibility index (Phi) is 4.15. The number of allylic oxidation sites excluding steroid dienone is 1. The highest BCUT2D eigenvalue weighted by molar-refractivity contribution is 5.90. The topological polar surface area (TPSA) is 70.0 Å². The molecule has 27 heavy (non-hydrogen) atoms. The smallest absolute Gasteiger partial charge is 0.174 e. The average Bonchev–Trinajstić information content (AvgIpc) is 2.95. The lowest BCUT2D eigenvalue weighted by Crippen LogP contribution is -2.76. The van der Waals surface area contributed by atoms with Gasteiger partial charge >= 0.3 is 0 Å². The van der Waals surface area contributed by atoms with Crippen LogP contribution in [0.3, 0.4) is 0 Å². The van der Waals surface area contributed by atoms with Crippen molar-refractivity contribution in [1.29, 1.82) is 0 Å². The number of Topliss-reactive ketones (excluding diaryl/α,β-unsaturated/α-hetero) is 1. The molecule has 1 saturated heterocycles. The second kappa shape index (κ2) is 5.97. The number of likely N-dealkylation sites (tertiary alicyclic amines) is 1. The normalized spacial score (nSPS) is 35.7. The molecule has 0 amide bonds. The summed E-state index contributed by atoms with van der Waals surface area (Å²) in [4.78, 5) is 15.1. The second-order valence-corrected chi connectivity index (χ2v) is 8.55. The van der Waals surface area contributed by atoms with Gasteiger partial charge in [0.05, 0.1) is 11.0 Å². The van der Waals surface area contributed by atoms with Gasteiger partial charge in [0.25, 0.3) is 0 Å². The van der Waals surface area contributed by atoms with E-state index in [1.165, 1.54) is 5.57 Å². The van der Waals surface area contributed by atoms with E-state index in [0.29, 0.717) is 25.0 Å². The van der Waals surface area contributed by atoms with Crippen molar-refractivity contribution in [1.82, 2.24) is 4.90 Å². The predicted octanol–water partition coefficient (Wildman–Crippen LogP) is 2.50. The zero-order valence-corrected chi connectivity index (χ0v) is 16.5. The lowest BCUT2D eigenvalue weighted by atomic mass is 9.49. The Morgan fingerprint density at radius 3 is 2.89 bits per heavy atom. The molecule has 5 rings (SSSR count). The number of ketones is 1. The average molecular weight is 392 g/mol. The van der Waals surface area contributed by atoms with Gasteiger partial charge in [0.2, 0.25) is 0 Å². The molecule has 5 nitrogen and oxygen atoms in total. The summed E-state index contributed by atoms with van der Waals surface area (Å²) in [5.41, 5.74) is 1.56. The zero-order valence-electron chi connectivity index (χ0n) is 15.7. The molecule has 2 aliphatic heterocycles. The fourth-order valence-corrected chi connectivity index (χ4v) is 5.93. The molecule has 2 N–H and O–H groups in total. The Bertz CT molecular complexity index is 849. The van der Waals surface area contributed by atoms with Crippen LogP contribution in [-0.2, 0) is 16.6 Å². The van der Waals surface area contributed by atoms with Gasteiger partial charge in [-0.25, -0.2) is 0 Å². The minimum atomic E-state index is -0.995. The molecule has 1 saturated carbocycles. The molecule has 0 radical (unpaired) electrons. The highest BCUT2D eigenvalue weighted by Crippen LogP contribution is 2.64. The van der Waals surface area contributed by atoms with E-state index in [1.54, 1.807) is 6.07 Å². The fourth-order valence-electron chi connectivity index (χ4n) is 5.93. The number of rotatable bonds is 2. The summed E-state index contributed by atoms with van der Waals surface area (Å²) in [7, 11) is 0. The van der Waals surface area contributed by atoms with Crippen molar-refractivity contribution in [2.24, 2.45) is 0 Å². The van der Waals surface area contributed by atoms with Crippen molar-refractivity contribution in [3.8, 4) is 11.5 Å². The Morgan fingerprint density at radius 2 is 2.15 bits per heavy atom. The van der Waals surface area contributed by atoms with E-state index in [0.717, 1.165) is 30.6 Å². The first-order chi connectivity index (χ1) is 12.4. The molecule has 146 valence electrons. The van der Waals surface area contributed by atoms with Crippen molar-refractivity contribution in [2.75, 3.05) is 13.1 Å². The summed E-state index contributed by atoms with van der Waals surface area (Å²) < 4.78 is 6.03. The Balaban J connectivity index is 0.00000180. The molecular formula is C21H26ClNO4. The number of phenolic OH excluding ortho intramolecular Hbond substituents is 1. The van der Waals surface area contributed by atoms with Crippen molar-refractivity contribution >= 4 is 18.2 Å². The van der Waals surface area contributed by atoms with Gasteiger partial charge in [0.15, 0.2) is 23.4 Å². The molecule has 4 atom stereocenters. The van der Waals surface area contributed by atoms with Crippen LogP contribution < -0.4 is 4.74 Å². The zero-order chi connectivity index (χ0) is 18.3. The second-order valence-electron chi connectivity index (χ2n) is 8.55. The summed E-state index contributed by atoms with van der Waals surface area (Å²) in [6.07, 6.45) is 3.74. The molecule has 1 aromatic carbocycles. The number of piperidine rings is 1. The Morgan fingerprint density at radius 1 is 1.37 bits per heavy atom. The van der Waals surface area contributed by atoms with E-state index in [2.05, 4.69) is 24.8 Å². The van der Waals surface area contributed by atoms with Crippen LogP contribution in [0.2, 0.25) is 0 Å². The van der Waals surface area contributed by atoms with Crippen molar-refractivity contribution < 1.29 is 19.7 Å². The van der Waals surface area contributed by atoms with Crippen LogP contribution in [0.4, 0.5) is 0 Å². The van der Waals surface area contributed by atoms with Crippen molar-refractivity contribution in [2.45, 2.75) is 62.7 Å². The number of hydrogen-bond acceptors (Lipinski definition) is 5. The number of aromatic hydroxyl groups is 1. The summed E-state index contributed by atoms with van der Waals surface area (Å²) in [6, 6.07) is 3.57. The minimum absolute atomic E-state index is 0. The molecule has 1 spiro atoms. The van der Waals surface area contributed by atoms with Crippen LogP contribution in [0.15, 0.2) is 23.8 Å². The van der Waals surface area contributed by atoms with Crippen LogP contribution in [0.5, 0.6) is 11.5 Å². The third kappa shape index (κ3) is 2.16. The van der Waals surface area contributed by atoms with Crippen LogP contribution in [0.1, 0.15) is 44.2 Å². The van der Waals surface area contributed by atoms with Gasteiger partial charge in [0.1, 0.15) is 0 Å². The van der Waals surface area contributed by atoms with Gasteiger partial charge in [-0.05, 0) is 44.7 Å². The van der Waals surface area contributed by atoms with E-state index < -0.39 is 17.1 Å². The van der Waals surface area contributed by atoms with E-state index in [1.807, 2.05) is 6.07 Å². The highest BCUT2D eigenvalue weighted by Gasteiger charge is 2.73. The van der Waals surface area contributed by atoms with E-state index in [-0.39, 0.29) is 30.0 Å². The highest BCUT2D eigenvalue weighted by atomic mass is 35.5. The Hall–Kier alpha value is -1.56. The third-order valence-corrected chi connectivity index (χ3v) is 7.10. The number of aliphatic hydroxyl groups is 1. The maximum atomic E-state index is 12.7. The van der Waals surface area contributed by atoms with Crippen LogP contribution in [-0.4, -0.2) is 51.7 Å². The summed E-state index contributed by atoms with van der Waals surface area (Å²) in [6.45, 7) is 5.81. The molecule has 0 aromatic heterocycles. The molecule has 2 heterocycles. The van der Waals surface area contributed by atoms with Crippen LogP contribution in [0, 0.1) is 0 Å². The number of carbonyl (C=O) groups is 1. The molecule has 1 aromatic rings. The van der Waals surface area contributed by atoms with Gasteiger partial charge in [-0.2, -0.15) is 0 Å². The lowest BCUT2D eigenvalue weighted by molar-refractivity contribution is -0.187. The van der Waals surface area contributed by atoms with Gasteiger partial charge in [-0.1, -0.05) is 17.7 Å². The number of benzene rings is 1. The first kappa shape index (κ1) is 18.8. The summed E-state index contributed by atoms with van der Waals surface area (Å²) >= 11 is 0. The maximum Gasteiger partial charge on any atom is 0.174 e. The summed E-state index contributed by atoms with van der Waals surface area (Å²) in [5.74, 6) is 0.556. The molecule has 2 aliphatic carbocycles. The number of halogens is 1. The fraction of sp³-hybridized carbons (Fsp3) is 0.571. The number of hydrogen-bond donors (Lipinski definition) is 2. The Labute approximate surface area is 165 Å². The SMILES string of the molecule is CC(C)=CCN1CC[C@]23c4c5ccc(O)c4O[C@H]2C(=O)CC[C@@]3(O)[C@H]1C5.Cl. The van der Waals surface area contributed by atoms with E-state index in [4.69, 9.17) is 4.74 Å². The molecule has 2 bridgehead atoms. The van der Waals surface area contributed by atoms with Crippen LogP contribution >= 0.6 is 12.4 Å². The predicted molar refractivity (Wildman–Crippen MR) is 104 cm³/mol. The van der Waals surface area contributed by atoms with E-state index in [9.17, 15) is 15.0 Å². The lowest BCUT2D eigenvalue weighted by Gasteiger charge is -2.62. The quantitative estimate of drug-likeness (QED) is 0.758. The molecule has 0 unspecified atom stereocenters. The molecule has 2 fully saturated rings. The van der Waals surface area contributed by atoms with Gasteiger partial charge in [-0.3, -0.25) is 9.69 Å². The first-order valence-electron chi connectivity index (χ1n) is 9.53. The van der Waals surface area contributed by atoms with Crippen molar-refractivity contribution in [3.05, 3.63) is 34.9 Å². The number of nitrogens with zero attached hydrogens (tertiary/aromatic N) is 1. The number of ether oxygens (including phenoxy) is 1. The monoisotopic (exact) mass is 391 g/mol. The van der Waals surface area contributed by atoms with Gasteiger partial charge < -0.3 is 14.9 Å². The molecular weight excluding hydrogens is 366 g/mol. The number of carbonyl (C=O) groups excluding carboxylic acids is 1. The number of phenols is 1. The molecule has 4 aliphatic rings. The van der Waals surface area contributed by atoms with E-state index >= 15 is 0 Å². The van der Waals surface area contributed by atoms with Crippen LogP contribution in [0.25, 0.3) is 0 Å².